The van der Waals surface area contributed by atoms with Gasteiger partial charge in [-0.15, -0.1) is 0 Å². The molecule has 108 valence electrons. The Morgan fingerprint density at radius 3 is 2.32 bits per heavy atom. The molecule has 1 aromatic carbocycles. The Hall–Kier alpha value is -1.07. The molecule has 1 atom stereocenters. The van der Waals surface area contributed by atoms with Crippen LogP contribution in [0.5, 0.6) is 0 Å². The van der Waals surface area contributed by atoms with Gasteiger partial charge in [0.25, 0.3) is 0 Å². The number of alkyl halides is 3. The highest BCUT2D eigenvalue weighted by molar-refractivity contribution is 5.24. The summed E-state index contributed by atoms with van der Waals surface area (Å²) >= 11 is 0. The zero-order chi connectivity index (χ0) is 14.3. The van der Waals surface area contributed by atoms with Crippen molar-refractivity contribution in [3.8, 4) is 0 Å². The first-order valence-electron chi connectivity index (χ1n) is 6.35. The van der Waals surface area contributed by atoms with Crippen molar-refractivity contribution < 1.29 is 17.9 Å². The second-order valence-corrected chi connectivity index (χ2v) is 4.44. The van der Waals surface area contributed by atoms with E-state index in [4.69, 9.17) is 4.74 Å². The maximum atomic E-state index is 12.4. The summed E-state index contributed by atoms with van der Waals surface area (Å²) in [6, 6.07) is 5.58. The number of rotatable bonds is 7. The van der Waals surface area contributed by atoms with Crippen LogP contribution in [0, 0.1) is 0 Å². The minimum Gasteiger partial charge on any atom is -0.383 e. The minimum atomic E-state index is -4.26. The van der Waals surface area contributed by atoms with Crippen molar-refractivity contribution in [1.29, 1.82) is 0 Å². The van der Waals surface area contributed by atoms with Gasteiger partial charge < -0.3 is 10.1 Å². The van der Waals surface area contributed by atoms with Crippen LogP contribution >= 0.6 is 0 Å². The Bertz CT molecular complexity index is 356. The number of benzene rings is 1. The summed E-state index contributed by atoms with van der Waals surface area (Å²) in [7, 11) is 1.64. The van der Waals surface area contributed by atoms with E-state index in [1.807, 2.05) is 6.92 Å². The predicted molar refractivity (Wildman–Crippen MR) is 69.1 cm³/mol. The molecule has 0 amide bonds. The molecular formula is C14H20F3NO. The molecule has 0 bridgehead atoms. The Kier molecular flexibility index (Phi) is 6.31. The molecule has 1 aromatic rings. The molecular weight excluding hydrogens is 255 g/mol. The molecule has 1 N–H and O–H groups in total. The van der Waals surface area contributed by atoms with Crippen LogP contribution in [-0.2, 0) is 17.3 Å². The van der Waals surface area contributed by atoms with E-state index in [1.54, 1.807) is 19.2 Å². The third-order valence-corrected chi connectivity index (χ3v) is 2.92. The van der Waals surface area contributed by atoms with Gasteiger partial charge >= 0.3 is 6.18 Å². The second kappa shape index (κ2) is 7.50. The van der Waals surface area contributed by atoms with E-state index >= 15 is 0 Å². The number of hydrogen-bond donors (Lipinski definition) is 1. The normalized spacial score (nSPS) is 13.5. The fraction of sp³-hybridized carbons (Fsp3) is 0.571. The van der Waals surface area contributed by atoms with E-state index in [0.717, 1.165) is 37.1 Å². The lowest BCUT2D eigenvalue weighted by Crippen LogP contribution is -2.33. The van der Waals surface area contributed by atoms with E-state index < -0.39 is 11.7 Å². The summed E-state index contributed by atoms with van der Waals surface area (Å²) in [6.07, 6.45) is -2.69. The van der Waals surface area contributed by atoms with Crippen molar-refractivity contribution in [2.75, 3.05) is 20.3 Å². The summed E-state index contributed by atoms with van der Waals surface area (Å²) in [5.41, 5.74) is 0.309. The van der Waals surface area contributed by atoms with Crippen molar-refractivity contribution in [2.45, 2.75) is 32.0 Å². The van der Waals surface area contributed by atoms with Crippen molar-refractivity contribution in [3.05, 3.63) is 35.4 Å². The molecule has 0 aliphatic rings. The molecule has 0 aromatic heterocycles. The van der Waals surface area contributed by atoms with Crippen LogP contribution in [0.15, 0.2) is 24.3 Å². The molecule has 0 spiro atoms. The molecule has 0 aliphatic carbocycles. The SMILES string of the molecule is CCNC(CCc1ccc(C(F)(F)F)cc1)COC. The molecule has 1 unspecified atom stereocenters. The Balaban J connectivity index is 2.53. The van der Waals surface area contributed by atoms with Crippen LogP contribution in [0.4, 0.5) is 13.2 Å². The summed E-state index contributed by atoms with van der Waals surface area (Å²) < 4.78 is 42.3. The summed E-state index contributed by atoms with van der Waals surface area (Å²) in [5, 5.41) is 3.28. The molecule has 0 heterocycles. The van der Waals surface area contributed by atoms with Gasteiger partial charge in [-0.05, 0) is 37.1 Å². The lowest BCUT2D eigenvalue weighted by Gasteiger charge is -2.16. The van der Waals surface area contributed by atoms with Gasteiger partial charge in [0, 0.05) is 13.2 Å². The van der Waals surface area contributed by atoms with Crippen LogP contribution in [0.3, 0.4) is 0 Å². The Labute approximate surface area is 112 Å². The first-order chi connectivity index (χ1) is 8.97. The van der Waals surface area contributed by atoms with Gasteiger partial charge in [-0.2, -0.15) is 13.2 Å². The Morgan fingerprint density at radius 2 is 1.84 bits per heavy atom. The maximum absolute atomic E-state index is 12.4. The van der Waals surface area contributed by atoms with Crippen molar-refractivity contribution in [3.63, 3.8) is 0 Å². The average Bonchev–Trinajstić information content (AvgIpc) is 2.36. The predicted octanol–water partition coefficient (Wildman–Crippen LogP) is 3.26. The zero-order valence-corrected chi connectivity index (χ0v) is 11.3. The summed E-state index contributed by atoms with van der Waals surface area (Å²) in [5.74, 6) is 0. The van der Waals surface area contributed by atoms with E-state index in [2.05, 4.69) is 5.32 Å². The highest BCUT2D eigenvalue weighted by Crippen LogP contribution is 2.29. The quantitative estimate of drug-likeness (QED) is 0.824. The molecule has 0 saturated carbocycles. The zero-order valence-electron chi connectivity index (χ0n) is 11.3. The summed E-state index contributed by atoms with van der Waals surface area (Å²) in [6.45, 7) is 3.47. The lowest BCUT2D eigenvalue weighted by atomic mass is 10.0. The van der Waals surface area contributed by atoms with Crippen LogP contribution in [-0.4, -0.2) is 26.3 Å². The highest BCUT2D eigenvalue weighted by atomic mass is 19.4. The fourth-order valence-corrected chi connectivity index (χ4v) is 1.94. The third-order valence-electron chi connectivity index (χ3n) is 2.92. The number of halogens is 3. The van der Waals surface area contributed by atoms with Gasteiger partial charge in [-0.1, -0.05) is 19.1 Å². The van der Waals surface area contributed by atoms with Gasteiger partial charge in [0.15, 0.2) is 0 Å². The van der Waals surface area contributed by atoms with Crippen LogP contribution in [0.25, 0.3) is 0 Å². The van der Waals surface area contributed by atoms with Crippen molar-refractivity contribution in [2.24, 2.45) is 0 Å². The monoisotopic (exact) mass is 275 g/mol. The van der Waals surface area contributed by atoms with E-state index in [0.29, 0.717) is 6.61 Å². The molecule has 1 rings (SSSR count). The number of ether oxygens (including phenoxy) is 1. The van der Waals surface area contributed by atoms with Crippen LogP contribution in [0.1, 0.15) is 24.5 Å². The largest absolute Gasteiger partial charge is 0.416 e. The first-order valence-corrected chi connectivity index (χ1v) is 6.35. The molecule has 19 heavy (non-hydrogen) atoms. The summed E-state index contributed by atoms with van der Waals surface area (Å²) in [4.78, 5) is 0. The lowest BCUT2D eigenvalue weighted by molar-refractivity contribution is -0.137. The highest BCUT2D eigenvalue weighted by Gasteiger charge is 2.29. The molecule has 0 aliphatic heterocycles. The second-order valence-electron chi connectivity index (χ2n) is 4.44. The molecule has 0 radical (unpaired) electrons. The molecule has 5 heteroatoms. The first kappa shape index (κ1) is 16.0. The smallest absolute Gasteiger partial charge is 0.383 e. The molecule has 0 fully saturated rings. The number of likely N-dealkylation sites (N-methyl/N-ethyl adjacent to an activating group) is 1. The van der Waals surface area contributed by atoms with Crippen LogP contribution < -0.4 is 5.32 Å². The fourth-order valence-electron chi connectivity index (χ4n) is 1.94. The number of methoxy groups -OCH3 is 1. The average molecular weight is 275 g/mol. The van der Waals surface area contributed by atoms with Crippen LogP contribution in [0.2, 0.25) is 0 Å². The number of aryl methyl sites for hydroxylation is 1. The third kappa shape index (κ3) is 5.61. The van der Waals surface area contributed by atoms with Gasteiger partial charge in [0.05, 0.1) is 12.2 Å². The number of hydrogen-bond acceptors (Lipinski definition) is 2. The van der Waals surface area contributed by atoms with E-state index in [1.165, 1.54) is 0 Å². The molecule has 0 saturated heterocycles. The maximum Gasteiger partial charge on any atom is 0.416 e. The van der Waals surface area contributed by atoms with Gasteiger partial charge in [0.1, 0.15) is 0 Å². The van der Waals surface area contributed by atoms with Crippen molar-refractivity contribution in [1.82, 2.24) is 5.32 Å². The minimum absolute atomic E-state index is 0.234. The van der Waals surface area contributed by atoms with Crippen molar-refractivity contribution >= 4 is 0 Å². The van der Waals surface area contributed by atoms with E-state index in [-0.39, 0.29) is 6.04 Å². The Morgan fingerprint density at radius 1 is 1.21 bits per heavy atom. The van der Waals surface area contributed by atoms with Gasteiger partial charge in [-0.3, -0.25) is 0 Å². The van der Waals surface area contributed by atoms with Gasteiger partial charge in [0.2, 0.25) is 0 Å². The topological polar surface area (TPSA) is 21.3 Å². The standard InChI is InChI=1S/C14H20F3NO/c1-3-18-13(10-19-2)9-6-11-4-7-12(8-5-11)14(15,16)17/h4-5,7-8,13,18H,3,6,9-10H2,1-2H3. The van der Waals surface area contributed by atoms with Gasteiger partial charge in [-0.25, -0.2) is 0 Å². The molecule has 2 nitrogen and oxygen atoms in total. The number of nitrogens with one attached hydrogen (secondary N) is 1. The van der Waals surface area contributed by atoms with E-state index in [9.17, 15) is 13.2 Å².